The van der Waals surface area contributed by atoms with Gasteiger partial charge in [-0.3, -0.25) is 4.79 Å². The summed E-state index contributed by atoms with van der Waals surface area (Å²) in [5.74, 6) is 1.75. The minimum absolute atomic E-state index is 0.0931. The number of carbonyl (C=O) groups is 1. The van der Waals surface area contributed by atoms with Gasteiger partial charge in [-0.2, -0.15) is 5.26 Å². The van der Waals surface area contributed by atoms with Gasteiger partial charge in [-0.25, -0.2) is 0 Å². The highest BCUT2D eigenvalue weighted by Gasteiger charge is 2.34. The van der Waals surface area contributed by atoms with Crippen LogP contribution in [0.3, 0.4) is 0 Å². The molecule has 0 atom stereocenters. The number of thioether (sulfide) groups is 1. The summed E-state index contributed by atoms with van der Waals surface area (Å²) >= 11 is 1.39. The number of nitrogens with zero attached hydrogens (tertiary/aromatic N) is 4. The molecule has 1 aromatic rings. The van der Waals surface area contributed by atoms with Crippen LogP contribution in [0.1, 0.15) is 56.7 Å². The molecule has 2 aliphatic rings. The molecule has 0 spiro atoms. The minimum atomic E-state index is -0.658. The van der Waals surface area contributed by atoms with Crippen LogP contribution in [0.5, 0.6) is 0 Å². The second-order valence-corrected chi connectivity index (χ2v) is 7.21. The SMILES string of the molecule is Cn1c(SCC(=O)NC2(C#N)CCCCC2)nnc1C1CC1. The van der Waals surface area contributed by atoms with Gasteiger partial charge in [0.25, 0.3) is 0 Å². The summed E-state index contributed by atoms with van der Waals surface area (Å²) in [6.45, 7) is 0. The summed E-state index contributed by atoms with van der Waals surface area (Å²) in [6.07, 6.45) is 7.05. The minimum Gasteiger partial charge on any atom is -0.337 e. The monoisotopic (exact) mass is 319 g/mol. The van der Waals surface area contributed by atoms with Crippen molar-refractivity contribution in [3.8, 4) is 6.07 Å². The Balaban J connectivity index is 1.55. The Morgan fingerprint density at radius 2 is 2.14 bits per heavy atom. The van der Waals surface area contributed by atoms with E-state index in [0.717, 1.165) is 43.1 Å². The first kappa shape index (κ1) is 15.3. The molecule has 1 N–H and O–H groups in total. The van der Waals surface area contributed by atoms with Crippen LogP contribution in [-0.2, 0) is 11.8 Å². The second-order valence-electron chi connectivity index (χ2n) is 6.27. The van der Waals surface area contributed by atoms with Gasteiger partial charge in [0.2, 0.25) is 5.91 Å². The van der Waals surface area contributed by atoms with Crippen LogP contribution in [0.4, 0.5) is 0 Å². The number of aromatic nitrogens is 3. The van der Waals surface area contributed by atoms with Crippen molar-refractivity contribution in [2.24, 2.45) is 7.05 Å². The molecule has 22 heavy (non-hydrogen) atoms. The first-order valence-corrected chi connectivity index (χ1v) is 8.86. The van der Waals surface area contributed by atoms with Crippen LogP contribution >= 0.6 is 11.8 Å². The zero-order valence-corrected chi connectivity index (χ0v) is 13.7. The molecule has 2 aliphatic carbocycles. The van der Waals surface area contributed by atoms with E-state index in [1.807, 2.05) is 11.6 Å². The zero-order valence-electron chi connectivity index (χ0n) is 12.8. The van der Waals surface area contributed by atoms with Crippen molar-refractivity contribution in [1.29, 1.82) is 5.26 Å². The molecule has 1 aromatic heterocycles. The zero-order chi connectivity index (χ0) is 15.6. The molecule has 0 bridgehead atoms. The fourth-order valence-corrected chi connectivity index (χ4v) is 3.72. The molecule has 3 rings (SSSR count). The Morgan fingerprint density at radius 3 is 2.77 bits per heavy atom. The third-order valence-corrected chi connectivity index (χ3v) is 5.46. The second kappa shape index (κ2) is 6.29. The summed E-state index contributed by atoms with van der Waals surface area (Å²) in [4.78, 5) is 12.2. The maximum atomic E-state index is 12.2. The van der Waals surface area contributed by atoms with E-state index in [1.165, 1.54) is 24.6 Å². The average molecular weight is 319 g/mol. The number of nitrogens with one attached hydrogen (secondary N) is 1. The van der Waals surface area contributed by atoms with Gasteiger partial charge >= 0.3 is 0 Å². The molecule has 118 valence electrons. The molecule has 0 aliphatic heterocycles. The van der Waals surface area contributed by atoms with Gasteiger partial charge in [0, 0.05) is 13.0 Å². The molecule has 1 heterocycles. The number of rotatable bonds is 5. The maximum Gasteiger partial charge on any atom is 0.231 e. The lowest BCUT2D eigenvalue weighted by molar-refractivity contribution is -0.120. The fourth-order valence-electron chi connectivity index (χ4n) is 3.00. The topological polar surface area (TPSA) is 83.6 Å². The summed E-state index contributed by atoms with van der Waals surface area (Å²) in [7, 11) is 1.95. The molecule has 6 nitrogen and oxygen atoms in total. The highest BCUT2D eigenvalue weighted by molar-refractivity contribution is 7.99. The molecule has 0 radical (unpaired) electrons. The predicted molar refractivity (Wildman–Crippen MR) is 83.3 cm³/mol. The van der Waals surface area contributed by atoms with E-state index in [1.54, 1.807) is 0 Å². The molecule has 1 amide bonds. The largest absolute Gasteiger partial charge is 0.337 e. The van der Waals surface area contributed by atoms with E-state index in [0.29, 0.717) is 5.92 Å². The lowest BCUT2D eigenvalue weighted by atomic mass is 9.83. The van der Waals surface area contributed by atoms with Crippen molar-refractivity contribution < 1.29 is 4.79 Å². The van der Waals surface area contributed by atoms with E-state index in [-0.39, 0.29) is 11.7 Å². The molecule has 2 saturated carbocycles. The Labute approximate surface area is 134 Å². The summed E-state index contributed by atoms with van der Waals surface area (Å²) in [6, 6.07) is 2.31. The Bertz CT molecular complexity index is 596. The van der Waals surface area contributed by atoms with Crippen LogP contribution < -0.4 is 5.32 Å². The normalized spacial score (nSPS) is 20.4. The molecule has 0 saturated heterocycles. The first-order chi connectivity index (χ1) is 10.6. The molecule has 7 heteroatoms. The molecule has 2 fully saturated rings. The molecular weight excluding hydrogens is 298 g/mol. The van der Waals surface area contributed by atoms with Crippen LogP contribution in [0, 0.1) is 11.3 Å². The smallest absolute Gasteiger partial charge is 0.231 e. The van der Waals surface area contributed by atoms with E-state index in [4.69, 9.17) is 0 Å². The van der Waals surface area contributed by atoms with Crippen molar-refractivity contribution >= 4 is 17.7 Å². The fraction of sp³-hybridized carbons (Fsp3) is 0.733. The Hall–Kier alpha value is -1.55. The van der Waals surface area contributed by atoms with Gasteiger partial charge in [0.05, 0.1) is 11.8 Å². The van der Waals surface area contributed by atoms with Gasteiger partial charge in [-0.1, -0.05) is 31.0 Å². The first-order valence-electron chi connectivity index (χ1n) is 7.88. The third-order valence-electron chi connectivity index (χ3n) is 4.44. The number of hydrogen-bond acceptors (Lipinski definition) is 5. The number of hydrogen-bond donors (Lipinski definition) is 1. The van der Waals surface area contributed by atoms with Crippen molar-refractivity contribution in [3.05, 3.63) is 5.82 Å². The summed E-state index contributed by atoms with van der Waals surface area (Å²) < 4.78 is 1.98. The highest BCUT2D eigenvalue weighted by atomic mass is 32.2. The maximum absolute atomic E-state index is 12.2. The van der Waals surface area contributed by atoms with Gasteiger partial charge in [0.1, 0.15) is 11.4 Å². The van der Waals surface area contributed by atoms with Crippen LogP contribution in [0.25, 0.3) is 0 Å². The van der Waals surface area contributed by atoms with Crippen molar-refractivity contribution in [3.63, 3.8) is 0 Å². The standard InChI is InChI=1S/C15H21N5OS/c1-20-13(11-5-6-11)18-19-14(20)22-9-12(21)17-15(10-16)7-3-2-4-8-15/h11H,2-9H2,1H3,(H,17,21). The molecule has 0 unspecified atom stereocenters. The van der Waals surface area contributed by atoms with Crippen LogP contribution in [-0.4, -0.2) is 32.0 Å². The lowest BCUT2D eigenvalue weighted by Crippen LogP contribution is -2.49. The van der Waals surface area contributed by atoms with Gasteiger partial charge in [-0.15, -0.1) is 10.2 Å². The predicted octanol–water partition coefficient (Wildman–Crippen LogP) is 2.13. The van der Waals surface area contributed by atoms with Crippen molar-refractivity contribution in [1.82, 2.24) is 20.1 Å². The number of amides is 1. The van der Waals surface area contributed by atoms with Crippen molar-refractivity contribution in [2.45, 2.75) is 61.6 Å². The van der Waals surface area contributed by atoms with Gasteiger partial charge in [0.15, 0.2) is 5.16 Å². The molecular formula is C15H21N5OS. The van der Waals surface area contributed by atoms with Crippen LogP contribution in [0.2, 0.25) is 0 Å². The summed E-state index contributed by atoms with van der Waals surface area (Å²) in [5.41, 5.74) is -0.658. The van der Waals surface area contributed by atoms with E-state index >= 15 is 0 Å². The average Bonchev–Trinajstić information content (AvgIpc) is 3.30. The molecule has 0 aromatic carbocycles. The number of nitriles is 1. The quantitative estimate of drug-likeness (QED) is 0.841. The van der Waals surface area contributed by atoms with E-state index in [9.17, 15) is 10.1 Å². The van der Waals surface area contributed by atoms with E-state index in [2.05, 4.69) is 21.6 Å². The van der Waals surface area contributed by atoms with Crippen LogP contribution in [0.15, 0.2) is 5.16 Å². The Kier molecular flexibility index (Phi) is 4.39. The highest BCUT2D eigenvalue weighted by Crippen LogP contribution is 2.39. The Morgan fingerprint density at radius 1 is 1.41 bits per heavy atom. The lowest BCUT2D eigenvalue weighted by Gasteiger charge is -2.31. The third kappa shape index (κ3) is 3.27. The number of carbonyl (C=O) groups excluding carboxylic acids is 1. The van der Waals surface area contributed by atoms with Gasteiger partial charge < -0.3 is 9.88 Å². The van der Waals surface area contributed by atoms with Gasteiger partial charge in [-0.05, 0) is 25.7 Å². The summed E-state index contributed by atoms with van der Waals surface area (Å²) in [5, 5.41) is 21.5. The van der Waals surface area contributed by atoms with Crippen molar-refractivity contribution in [2.75, 3.05) is 5.75 Å². The van der Waals surface area contributed by atoms with E-state index < -0.39 is 5.54 Å².